The lowest BCUT2D eigenvalue weighted by Gasteiger charge is -2.36. The molecular formula is C30H29N3O3. The van der Waals surface area contributed by atoms with Crippen LogP contribution in [0.15, 0.2) is 97.3 Å². The normalized spacial score (nSPS) is 11.5. The molecular weight excluding hydrogens is 450 g/mol. The van der Waals surface area contributed by atoms with Crippen molar-refractivity contribution in [1.82, 2.24) is 14.5 Å². The summed E-state index contributed by atoms with van der Waals surface area (Å²) in [6.07, 6.45) is 3.59. The molecule has 5 rings (SSSR count). The third-order valence-corrected chi connectivity index (χ3v) is 6.54. The van der Waals surface area contributed by atoms with Crippen LogP contribution in [0.25, 0.3) is 11.0 Å². The van der Waals surface area contributed by atoms with Gasteiger partial charge in [0.15, 0.2) is 0 Å². The molecule has 0 atom stereocenters. The summed E-state index contributed by atoms with van der Waals surface area (Å²) in [5, 5.41) is 0. The Labute approximate surface area is 211 Å². The molecule has 2 heterocycles. The van der Waals surface area contributed by atoms with Gasteiger partial charge in [0.2, 0.25) is 0 Å². The van der Waals surface area contributed by atoms with Gasteiger partial charge in [-0.2, -0.15) is 0 Å². The first-order valence-corrected chi connectivity index (χ1v) is 12.0. The van der Waals surface area contributed by atoms with E-state index >= 15 is 0 Å². The molecule has 0 fully saturated rings. The van der Waals surface area contributed by atoms with E-state index in [0.29, 0.717) is 6.61 Å². The van der Waals surface area contributed by atoms with Crippen molar-refractivity contribution < 1.29 is 14.2 Å². The Morgan fingerprint density at radius 2 is 1.33 bits per heavy atom. The van der Waals surface area contributed by atoms with E-state index in [1.54, 1.807) is 26.6 Å². The third-order valence-electron chi connectivity index (χ3n) is 6.54. The molecule has 182 valence electrons. The molecule has 0 saturated carbocycles. The quantitative estimate of drug-likeness (QED) is 0.244. The van der Waals surface area contributed by atoms with Crippen LogP contribution in [0.1, 0.15) is 29.4 Å². The highest BCUT2D eigenvalue weighted by Gasteiger charge is 2.38. The molecule has 0 aliphatic carbocycles. The van der Waals surface area contributed by atoms with Crippen LogP contribution in [0.3, 0.4) is 0 Å². The molecule has 0 spiro atoms. The monoisotopic (exact) mass is 479 g/mol. The van der Waals surface area contributed by atoms with E-state index in [2.05, 4.69) is 52.9 Å². The predicted molar refractivity (Wildman–Crippen MR) is 140 cm³/mol. The van der Waals surface area contributed by atoms with Crippen LogP contribution >= 0.6 is 0 Å². The minimum Gasteiger partial charge on any atom is -0.497 e. The first kappa shape index (κ1) is 23.6. The SMILES string of the molecule is CCn1c(COC(c2ccccc2)(c2ccc(OC)cc2)c2ccc(OC)cc2)nc2cnccc21. The molecule has 0 aliphatic rings. The third kappa shape index (κ3) is 4.20. The maximum atomic E-state index is 7.01. The second kappa shape index (κ2) is 10.2. The summed E-state index contributed by atoms with van der Waals surface area (Å²) < 4.78 is 20.1. The van der Waals surface area contributed by atoms with Crippen LogP contribution in [-0.4, -0.2) is 28.8 Å². The zero-order chi connectivity index (χ0) is 25.0. The van der Waals surface area contributed by atoms with Gasteiger partial charge in [0.05, 0.1) is 25.9 Å². The first-order valence-electron chi connectivity index (χ1n) is 12.0. The standard InChI is InChI=1S/C30H29N3O3/c1-4-33-28-18-19-31-20-27(28)32-29(33)21-36-30(22-8-6-5-7-9-22,23-10-14-25(34-2)15-11-23)24-12-16-26(35-3)17-13-24/h5-20H,4,21H2,1-3H3. The Balaban J connectivity index is 1.68. The predicted octanol–water partition coefficient (Wildman–Crippen LogP) is 5.98. The first-order chi connectivity index (χ1) is 17.7. The zero-order valence-electron chi connectivity index (χ0n) is 20.7. The van der Waals surface area contributed by atoms with Crippen LogP contribution in [0.2, 0.25) is 0 Å². The molecule has 0 amide bonds. The molecule has 2 aromatic heterocycles. The van der Waals surface area contributed by atoms with Gasteiger partial charge in [-0.1, -0.05) is 54.6 Å². The highest BCUT2D eigenvalue weighted by atomic mass is 16.5. The van der Waals surface area contributed by atoms with E-state index in [-0.39, 0.29) is 0 Å². The number of imidazole rings is 1. The van der Waals surface area contributed by atoms with Gasteiger partial charge in [-0.05, 0) is 53.9 Å². The van der Waals surface area contributed by atoms with E-state index in [1.807, 2.05) is 48.5 Å². The molecule has 0 saturated heterocycles. The van der Waals surface area contributed by atoms with Crippen molar-refractivity contribution in [3.63, 3.8) is 0 Å². The maximum Gasteiger partial charge on any atom is 0.144 e. The summed E-state index contributed by atoms with van der Waals surface area (Å²) in [5.41, 5.74) is 4.00. The lowest BCUT2D eigenvalue weighted by atomic mass is 9.80. The number of ether oxygens (including phenoxy) is 3. The number of aryl methyl sites for hydroxylation is 1. The molecule has 0 aliphatic heterocycles. The number of aromatic nitrogens is 3. The summed E-state index contributed by atoms with van der Waals surface area (Å²) in [5.74, 6) is 2.43. The average molecular weight is 480 g/mol. The summed E-state index contributed by atoms with van der Waals surface area (Å²) in [6.45, 7) is 3.19. The van der Waals surface area contributed by atoms with Gasteiger partial charge in [-0.15, -0.1) is 0 Å². The van der Waals surface area contributed by atoms with E-state index < -0.39 is 5.60 Å². The van der Waals surface area contributed by atoms with Gasteiger partial charge < -0.3 is 18.8 Å². The summed E-state index contributed by atoms with van der Waals surface area (Å²) in [4.78, 5) is 9.10. The van der Waals surface area contributed by atoms with Gasteiger partial charge >= 0.3 is 0 Å². The average Bonchev–Trinajstić information content (AvgIpc) is 3.32. The summed E-state index contributed by atoms with van der Waals surface area (Å²) in [7, 11) is 3.34. The Kier molecular flexibility index (Phi) is 6.69. The number of fused-ring (bicyclic) bond motifs is 1. The smallest absolute Gasteiger partial charge is 0.144 e. The maximum absolute atomic E-state index is 7.01. The number of hydrogen-bond acceptors (Lipinski definition) is 5. The van der Waals surface area contributed by atoms with E-state index in [1.165, 1.54) is 0 Å². The molecule has 6 heteroatoms. The Morgan fingerprint density at radius 1 is 0.750 bits per heavy atom. The molecule has 0 bridgehead atoms. The van der Waals surface area contributed by atoms with Crippen molar-refractivity contribution in [3.8, 4) is 11.5 Å². The zero-order valence-corrected chi connectivity index (χ0v) is 20.7. The minimum atomic E-state index is -0.894. The van der Waals surface area contributed by atoms with Crippen molar-refractivity contribution >= 4 is 11.0 Å². The molecule has 3 aromatic carbocycles. The largest absolute Gasteiger partial charge is 0.497 e. The highest BCUT2D eigenvalue weighted by Crippen LogP contribution is 2.42. The molecule has 5 aromatic rings. The molecule has 0 radical (unpaired) electrons. The van der Waals surface area contributed by atoms with E-state index in [9.17, 15) is 0 Å². The van der Waals surface area contributed by atoms with Crippen molar-refractivity contribution in [1.29, 1.82) is 0 Å². The number of pyridine rings is 1. The van der Waals surface area contributed by atoms with E-state index in [0.717, 1.165) is 51.6 Å². The van der Waals surface area contributed by atoms with Gasteiger partial charge in [-0.3, -0.25) is 4.98 Å². The lowest BCUT2D eigenvalue weighted by molar-refractivity contribution is -0.00429. The Bertz CT molecular complexity index is 1380. The second-order valence-electron chi connectivity index (χ2n) is 8.43. The lowest BCUT2D eigenvalue weighted by Crippen LogP contribution is -2.33. The van der Waals surface area contributed by atoms with Gasteiger partial charge in [0.1, 0.15) is 35.0 Å². The number of rotatable bonds is 9. The summed E-state index contributed by atoms with van der Waals surface area (Å²) >= 11 is 0. The molecule has 36 heavy (non-hydrogen) atoms. The van der Waals surface area contributed by atoms with Crippen molar-refractivity contribution in [2.75, 3.05) is 14.2 Å². The Hall–Kier alpha value is -4.16. The van der Waals surface area contributed by atoms with Gasteiger partial charge in [0.25, 0.3) is 0 Å². The van der Waals surface area contributed by atoms with Crippen LogP contribution in [0, 0.1) is 0 Å². The van der Waals surface area contributed by atoms with Crippen LogP contribution in [0.4, 0.5) is 0 Å². The van der Waals surface area contributed by atoms with Crippen molar-refractivity contribution in [3.05, 3.63) is 120 Å². The fraction of sp³-hybridized carbons (Fsp3) is 0.200. The van der Waals surface area contributed by atoms with Crippen LogP contribution < -0.4 is 9.47 Å². The minimum absolute atomic E-state index is 0.301. The molecule has 6 nitrogen and oxygen atoms in total. The Morgan fingerprint density at radius 3 is 1.89 bits per heavy atom. The number of hydrogen-bond donors (Lipinski definition) is 0. The number of methoxy groups -OCH3 is 2. The van der Waals surface area contributed by atoms with Gasteiger partial charge in [0, 0.05) is 12.7 Å². The van der Waals surface area contributed by atoms with Crippen molar-refractivity contribution in [2.45, 2.75) is 25.7 Å². The fourth-order valence-electron chi connectivity index (χ4n) is 4.74. The van der Waals surface area contributed by atoms with Crippen molar-refractivity contribution in [2.24, 2.45) is 0 Å². The van der Waals surface area contributed by atoms with Crippen LogP contribution in [-0.2, 0) is 23.5 Å². The highest BCUT2D eigenvalue weighted by molar-refractivity contribution is 5.74. The molecule has 0 unspecified atom stereocenters. The fourth-order valence-corrected chi connectivity index (χ4v) is 4.74. The van der Waals surface area contributed by atoms with E-state index in [4.69, 9.17) is 19.2 Å². The van der Waals surface area contributed by atoms with Gasteiger partial charge in [-0.25, -0.2) is 4.98 Å². The number of nitrogens with zero attached hydrogens (tertiary/aromatic N) is 3. The second-order valence-corrected chi connectivity index (χ2v) is 8.43. The van der Waals surface area contributed by atoms with Crippen LogP contribution in [0.5, 0.6) is 11.5 Å². The molecule has 0 N–H and O–H groups in total. The summed E-state index contributed by atoms with van der Waals surface area (Å²) in [6, 6.07) is 28.4. The topological polar surface area (TPSA) is 58.4 Å². The number of benzene rings is 3.